The summed E-state index contributed by atoms with van der Waals surface area (Å²) in [5.41, 5.74) is 1.30. The van der Waals surface area contributed by atoms with Crippen LogP contribution < -0.4 is 19.1 Å². The summed E-state index contributed by atoms with van der Waals surface area (Å²) in [6, 6.07) is 12.5. The first kappa shape index (κ1) is 19.0. The van der Waals surface area contributed by atoms with Crippen molar-refractivity contribution < 1.29 is 23.7 Å². The summed E-state index contributed by atoms with van der Waals surface area (Å²) in [6.07, 6.45) is 2.29. The number of hydrogen-bond acceptors (Lipinski definition) is 5. The van der Waals surface area contributed by atoms with E-state index in [0.717, 1.165) is 30.9 Å². The summed E-state index contributed by atoms with van der Waals surface area (Å²) in [7, 11) is 4.87. The van der Waals surface area contributed by atoms with E-state index in [2.05, 4.69) is 0 Å². The molecule has 0 bridgehead atoms. The molecule has 1 saturated heterocycles. The van der Waals surface area contributed by atoms with E-state index in [4.69, 9.17) is 18.9 Å². The number of carbonyl (C=O) groups excluding carboxylic acids is 1. The highest BCUT2D eigenvalue weighted by Crippen LogP contribution is 2.31. The number of amides is 1. The third-order valence-corrected chi connectivity index (χ3v) is 4.62. The lowest BCUT2D eigenvalue weighted by atomic mass is 10.1. The fourth-order valence-electron chi connectivity index (χ4n) is 3.00. The minimum absolute atomic E-state index is 0.118. The first-order valence-corrected chi connectivity index (χ1v) is 8.97. The Morgan fingerprint density at radius 3 is 2.48 bits per heavy atom. The lowest BCUT2D eigenvalue weighted by Crippen LogP contribution is -2.26. The van der Waals surface area contributed by atoms with Gasteiger partial charge in [0.15, 0.2) is 11.5 Å². The second-order valence-corrected chi connectivity index (χ2v) is 6.37. The molecule has 0 saturated carbocycles. The quantitative estimate of drug-likeness (QED) is 0.745. The highest BCUT2D eigenvalue weighted by atomic mass is 16.5. The highest BCUT2D eigenvalue weighted by Gasteiger charge is 2.17. The molecule has 2 aromatic carbocycles. The van der Waals surface area contributed by atoms with Crippen molar-refractivity contribution in [2.24, 2.45) is 0 Å². The molecule has 1 heterocycles. The van der Waals surface area contributed by atoms with Gasteiger partial charge in [-0.2, -0.15) is 0 Å². The van der Waals surface area contributed by atoms with Crippen molar-refractivity contribution in [1.82, 2.24) is 0 Å². The van der Waals surface area contributed by atoms with Crippen LogP contribution in [-0.2, 0) is 4.74 Å². The van der Waals surface area contributed by atoms with Gasteiger partial charge in [-0.15, -0.1) is 0 Å². The van der Waals surface area contributed by atoms with Crippen LogP contribution in [0.1, 0.15) is 23.2 Å². The van der Waals surface area contributed by atoms with Gasteiger partial charge in [-0.1, -0.05) is 0 Å². The monoisotopic (exact) mass is 371 g/mol. The van der Waals surface area contributed by atoms with Gasteiger partial charge in [0, 0.05) is 31.0 Å². The summed E-state index contributed by atoms with van der Waals surface area (Å²) >= 11 is 0. The Bertz CT molecular complexity index is 769. The van der Waals surface area contributed by atoms with Crippen molar-refractivity contribution in [1.29, 1.82) is 0 Å². The average Bonchev–Trinajstić information content (AvgIpc) is 3.24. The number of anilines is 1. The van der Waals surface area contributed by atoms with Crippen LogP contribution >= 0.6 is 0 Å². The fourth-order valence-corrected chi connectivity index (χ4v) is 3.00. The molecule has 1 aliphatic rings. The molecule has 144 valence electrons. The zero-order valence-electron chi connectivity index (χ0n) is 15.9. The summed E-state index contributed by atoms with van der Waals surface area (Å²) in [4.78, 5) is 14.3. The van der Waals surface area contributed by atoms with E-state index in [1.165, 1.54) is 0 Å². The predicted octanol–water partition coefficient (Wildman–Crippen LogP) is 3.54. The Labute approximate surface area is 159 Å². The van der Waals surface area contributed by atoms with Crippen molar-refractivity contribution in [2.75, 3.05) is 39.4 Å². The lowest BCUT2D eigenvalue weighted by molar-refractivity contribution is 0.0679. The fraction of sp³-hybridized carbons (Fsp3) is 0.381. The van der Waals surface area contributed by atoms with Crippen LogP contribution in [-0.4, -0.2) is 46.5 Å². The molecule has 1 fully saturated rings. The van der Waals surface area contributed by atoms with Crippen LogP contribution in [0.4, 0.5) is 5.69 Å². The maximum Gasteiger partial charge on any atom is 0.258 e. The summed E-state index contributed by atoms with van der Waals surface area (Å²) in [5, 5.41) is 0. The molecule has 1 atom stereocenters. The van der Waals surface area contributed by atoms with Gasteiger partial charge in [0.05, 0.1) is 20.3 Å². The molecule has 3 rings (SSSR count). The SMILES string of the molecule is COc1ccc(N(C)C(=O)c2ccc(OCC3CCCO3)cc2)cc1OC. The minimum atomic E-state index is -0.118. The van der Waals surface area contributed by atoms with Crippen LogP contribution in [0.15, 0.2) is 42.5 Å². The van der Waals surface area contributed by atoms with Gasteiger partial charge in [0.1, 0.15) is 12.4 Å². The molecule has 0 aliphatic carbocycles. The normalized spacial score (nSPS) is 16.0. The van der Waals surface area contributed by atoms with Crippen molar-refractivity contribution in [2.45, 2.75) is 18.9 Å². The molecule has 1 aliphatic heterocycles. The van der Waals surface area contributed by atoms with E-state index in [1.807, 2.05) is 18.2 Å². The standard InChI is InChI=1S/C21H25NO5/c1-22(16-8-11-19(24-2)20(13-16)25-3)21(23)15-6-9-17(10-7-15)27-14-18-5-4-12-26-18/h6-11,13,18H,4-5,12,14H2,1-3H3. The van der Waals surface area contributed by atoms with Gasteiger partial charge >= 0.3 is 0 Å². The van der Waals surface area contributed by atoms with Gasteiger partial charge in [0.25, 0.3) is 5.91 Å². The van der Waals surface area contributed by atoms with Gasteiger partial charge in [0.2, 0.25) is 0 Å². The molecule has 27 heavy (non-hydrogen) atoms. The first-order chi connectivity index (χ1) is 13.1. The Kier molecular flexibility index (Phi) is 6.19. The number of methoxy groups -OCH3 is 2. The third kappa shape index (κ3) is 4.52. The Balaban J connectivity index is 1.65. The van der Waals surface area contributed by atoms with Gasteiger partial charge < -0.3 is 23.8 Å². The molecule has 6 nitrogen and oxygen atoms in total. The van der Waals surface area contributed by atoms with Crippen molar-refractivity contribution in [3.8, 4) is 17.2 Å². The predicted molar refractivity (Wildman–Crippen MR) is 103 cm³/mol. The molecule has 0 spiro atoms. The van der Waals surface area contributed by atoms with Crippen LogP contribution in [0.2, 0.25) is 0 Å². The largest absolute Gasteiger partial charge is 0.493 e. The highest BCUT2D eigenvalue weighted by molar-refractivity contribution is 6.05. The summed E-state index contributed by atoms with van der Waals surface area (Å²) in [5.74, 6) is 1.81. The van der Waals surface area contributed by atoms with Crippen LogP contribution in [0.3, 0.4) is 0 Å². The van der Waals surface area contributed by atoms with Crippen molar-refractivity contribution in [3.05, 3.63) is 48.0 Å². The maximum absolute atomic E-state index is 12.8. The lowest BCUT2D eigenvalue weighted by Gasteiger charge is -2.19. The smallest absolute Gasteiger partial charge is 0.258 e. The number of carbonyl (C=O) groups is 1. The molecule has 1 unspecified atom stereocenters. The molecule has 0 radical (unpaired) electrons. The Hall–Kier alpha value is -2.73. The van der Waals surface area contributed by atoms with Crippen molar-refractivity contribution >= 4 is 11.6 Å². The number of ether oxygens (including phenoxy) is 4. The molecule has 6 heteroatoms. The molecule has 0 N–H and O–H groups in total. The molecular formula is C21H25NO5. The van der Waals surface area contributed by atoms with Crippen LogP contribution in [0.25, 0.3) is 0 Å². The van der Waals surface area contributed by atoms with Gasteiger partial charge in [-0.3, -0.25) is 4.79 Å². The second-order valence-electron chi connectivity index (χ2n) is 6.37. The van der Waals surface area contributed by atoms with E-state index in [-0.39, 0.29) is 12.0 Å². The van der Waals surface area contributed by atoms with E-state index in [0.29, 0.717) is 23.7 Å². The molecule has 2 aromatic rings. The summed E-state index contributed by atoms with van der Waals surface area (Å²) < 4.78 is 21.8. The van der Waals surface area contributed by atoms with Gasteiger partial charge in [-0.25, -0.2) is 0 Å². The van der Waals surface area contributed by atoms with E-state index < -0.39 is 0 Å². The second kappa shape index (κ2) is 8.77. The summed E-state index contributed by atoms with van der Waals surface area (Å²) in [6.45, 7) is 1.35. The number of nitrogens with zero attached hydrogens (tertiary/aromatic N) is 1. The van der Waals surface area contributed by atoms with E-state index in [1.54, 1.807) is 50.4 Å². The van der Waals surface area contributed by atoms with Crippen LogP contribution in [0.5, 0.6) is 17.2 Å². The third-order valence-electron chi connectivity index (χ3n) is 4.62. The maximum atomic E-state index is 12.8. The topological polar surface area (TPSA) is 57.2 Å². The van der Waals surface area contributed by atoms with E-state index in [9.17, 15) is 4.79 Å². The van der Waals surface area contributed by atoms with Gasteiger partial charge in [-0.05, 0) is 49.2 Å². The molecule has 0 aromatic heterocycles. The zero-order chi connectivity index (χ0) is 19.2. The Morgan fingerprint density at radius 2 is 1.85 bits per heavy atom. The minimum Gasteiger partial charge on any atom is -0.493 e. The number of hydrogen-bond donors (Lipinski definition) is 0. The zero-order valence-corrected chi connectivity index (χ0v) is 15.9. The molecular weight excluding hydrogens is 346 g/mol. The average molecular weight is 371 g/mol. The Morgan fingerprint density at radius 1 is 1.11 bits per heavy atom. The number of rotatable bonds is 7. The van der Waals surface area contributed by atoms with E-state index >= 15 is 0 Å². The molecule has 1 amide bonds. The van der Waals surface area contributed by atoms with Crippen LogP contribution in [0, 0.1) is 0 Å². The number of benzene rings is 2. The first-order valence-electron chi connectivity index (χ1n) is 8.97. The van der Waals surface area contributed by atoms with Crippen molar-refractivity contribution in [3.63, 3.8) is 0 Å².